The van der Waals surface area contributed by atoms with Crippen molar-refractivity contribution in [3.05, 3.63) is 60.5 Å². The largest absolute Gasteiger partial charge is 0.347 e. The summed E-state index contributed by atoms with van der Waals surface area (Å²) in [5.74, 6) is 0.978. The first-order valence-corrected chi connectivity index (χ1v) is 8.21. The monoisotopic (exact) mass is 313 g/mol. The van der Waals surface area contributed by atoms with Crippen molar-refractivity contribution in [2.75, 3.05) is 13.1 Å². The maximum Gasteiger partial charge on any atom is 0.123 e. The Hall–Kier alpha value is -1.98. The normalized spacial score (nSPS) is 12.5. The van der Waals surface area contributed by atoms with Crippen LogP contribution in [0.15, 0.2) is 43.4 Å². The Morgan fingerprint density at radius 2 is 2.22 bits per heavy atom. The van der Waals surface area contributed by atoms with Gasteiger partial charge in [-0.15, -0.1) is 6.58 Å². The van der Waals surface area contributed by atoms with Crippen LogP contribution in [0.5, 0.6) is 0 Å². The summed E-state index contributed by atoms with van der Waals surface area (Å²) < 4.78 is 0. The molecule has 1 unspecified atom stereocenters. The van der Waals surface area contributed by atoms with E-state index < -0.39 is 0 Å². The Kier molecular flexibility index (Phi) is 6.97. The molecule has 2 aromatic rings. The second kappa shape index (κ2) is 9.22. The number of hydrogen-bond acceptors (Lipinski definition) is 4. The van der Waals surface area contributed by atoms with E-state index in [1.165, 1.54) is 5.56 Å². The molecule has 0 bridgehead atoms. The third-order valence-corrected chi connectivity index (χ3v) is 4.04. The fraction of sp³-hybridized carbons (Fsp3) is 0.444. The maximum absolute atomic E-state index is 5.66. The van der Waals surface area contributed by atoms with Crippen molar-refractivity contribution in [3.8, 4) is 0 Å². The van der Waals surface area contributed by atoms with E-state index in [0.717, 1.165) is 50.4 Å². The van der Waals surface area contributed by atoms with E-state index >= 15 is 0 Å². The van der Waals surface area contributed by atoms with Gasteiger partial charge in [0.25, 0.3) is 0 Å². The number of unbranched alkanes of at least 4 members (excludes halogenated alkanes) is 1. The van der Waals surface area contributed by atoms with E-state index in [2.05, 4.69) is 39.4 Å². The zero-order chi connectivity index (χ0) is 16.5. The Bertz CT molecular complexity index is 579. The van der Waals surface area contributed by atoms with Crippen molar-refractivity contribution >= 4 is 0 Å². The van der Waals surface area contributed by atoms with Gasteiger partial charge in [-0.05, 0) is 50.9 Å². The number of H-pyrrole nitrogens is 1. The molecular formula is C18H27N5. The second-order valence-corrected chi connectivity index (χ2v) is 5.75. The van der Waals surface area contributed by atoms with Gasteiger partial charge in [0.15, 0.2) is 0 Å². The van der Waals surface area contributed by atoms with E-state index in [4.69, 9.17) is 5.73 Å². The molecule has 124 valence electrons. The Balaban J connectivity index is 2.20. The molecule has 23 heavy (non-hydrogen) atoms. The minimum absolute atomic E-state index is 0.182. The molecule has 2 heterocycles. The molecule has 5 heteroatoms. The standard InChI is InChI=1S/C18H27N5/c1-3-7-17(18-21-11-12-22-18)23(13-5-4-9-19)14-16-15(2)8-6-10-20-16/h3,6,8,10-12,17H,1,4-5,7,9,13-14,19H2,2H3,(H,21,22). The average Bonchev–Trinajstić information content (AvgIpc) is 3.08. The summed E-state index contributed by atoms with van der Waals surface area (Å²) in [6, 6.07) is 4.27. The summed E-state index contributed by atoms with van der Waals surface area (Å²) in [5.41, 5.74) is 7.98. The van der Waals surface area contributed by atoms with Crippen LogP contribution in [0, 0.1) is 6.92 Å². The van der Waals surface area contributed by atoms with Gasteiger partial charge < -0.3 is 10.7 Å². The average molecular weight is 313 g/mol. The third-order valence-electron chi connectivity index (χ3n) is 4.04. The smallest absolute Gasteiger partial charge is 0.123 e. The zero-order valence-electron chi connectivity index (χ0n) is 13.9. The summed E-state index contributed by atoms with van der Waals surface area (Å²) in [5, 5.41) is 0. The lowest BCUT2D eigenvalue weighted by Gasteiger charge is -2.30. The highest BCUT2D eigenvalue weighted by atomic mass is 15.2. The molecule has 0 fully saturated rings. The van der Waals surface area contributed by atoms with Crippen molar-refractivity contribution in [3.63, 3.8) is 0 Å². The van der Waals surface area contributed by atoms with Gasteiger partial charge in [-0.3, -0.25) is 9.88 Å². The molecule has 1 atom stereocenters. The number of aryl methyl sites for hydroxylation is 1. The van der Waals surface area contributed by atoms with Crippen LogP contribution in [0.1, 0.15) is 42.4 Å². The highest BCUT2D eigenvalue weighted by molar-refractivity contribution is 5.18. The number of hydrogen-bond donors (Lipinski definition) is 2. The summed E-state index contributed by atoms with van der Waals surface area (Å²) >= 11 is 0. The van der Waals surface area contributed by atoms with E-state index in [1.807, 2.05) is 24.5 Å². The first-order chi connectivity index (χ1) is 11.3. The highest BCUT2D eigenvalue weighted by Gasteiger charge is 2.22. The van der Waals surface area contributed by atoms with E-state index in [0.29, 0.717) is 0 Å². The van der Waals surface area contributed by atoms with Crippen LogP contribution in [-0.2, 0) is 6.54 Å². The summed E-state index contributed by atoms with van der Waals surface area (Å²) in [6.45, 7) is 8.51. The predicted molar refractivity (Wildman–Crippen MR) is 93.8 cm³/mol. The molecule has 5 nitrogen and oxygen atoms in total. The van der Waals surface area contributed by atoms with Crippen LogP contribution in [0.25, 0.3) is 0 Å². The molecule has 0 spiro atoms. The molecule has 0 aromatic carbocycles. The number of pyridine rings is 1. The van der Waals surface area contributed by atoms with Crippen molar-refractivity contribution in [1.29, 1.82) is 0 Å². The molecule has 2 rings (SSSR count). The lowest BCUT2D eigenvalue weighted by Crippen LogP contribution is -2.31. The number of rotatable bonds is 10. The molecule has 2 aromatic heterocycles. The van der Waals surface area contributed by atoms with Gasteiger partial charge in [0, 0.05) is 25.1 Å². The molecule has 3 N–H and O–H groups in total. The van der Waals surface area contributed by atoms with Crippen molar-refractivity contribution < 1.29 is 0 Å². The van der Waals surface area contributed by atoms with Crippen LogP contribution in [0.2, 0.25) is 0 Å². The van der Waals surface area contributed by atoms with E-state index in [1.54, 1.807) is 6.20 Å². The van der Waals surface area contributed by atoms with Crippen molar-refractivity contribution in [2.24, 2.45) is 5.73 Å². The van der Waals surface area contributed by atoms with E-state index in [9.17, 15) is 0 Å². The van der Waals surface area contributed by atoms with Gasteiger partial charge in [-0.2, -0.15) is 0 Å². The van der Waals surface area contributed by atoms with Crippen LogP contribution in [-0.4, -0.2) is 32.9 Å². The van der Waals surface area contributed by atoms with Crippen LogP contribution in [0.4, 0.5) is 0 Å². The summed E-state index contributed by atoms with van der Waals surface area (Å²) in [4.78, 5) is 14.7. The summed E-state index contributed by atoms with van der Waals surface area (Å²) in [7, 11) is 0. The first kappa shape index (κ1) is 17.4. The van der Waals surface area contributed by atoms with Crippen molar-refractivity contribution in [2.45, 2.75) is 38.8 Å². The molecular weight excluding hydrogens is 286 g/mol. The minimum Gasteiger partial charge on any atom is -0.347 e. The molecule has 0 aliphatic rings. The number of nitrogens with one attached hydrogen (secondary N) is 1. The van der Waals surface area contributed by atoms with Gasteiger partial charge in [0.1, 0.15) is 5.82 Å². The number of aromatic nitrogens is 3. The quantitative estimate of drug-likeness (QED) is 0.522. The fourth-order valence-corrected chi connectivity index (χ4v) is 2.73. The molecule has 0 saturated carbocycles. The van der Waals surface area contributed by atoms with Gasteiger partial charge in [0.05, 0.1) is 11.7 Å². The first-order valence-electron chi connectivity index (χ1n) is 8.21. The fourth-order valence-electron chi connectivity index (χ4n) is 2.73. The minimum atomic E-state index is 0.182. The molecule has 0 radical (unpaired) electrons. The highest BCUT2D eigenvalue weighted by Crippen LogP contribution is 2.24. The maximum atomic E-state index is 5.66. The topological polar surface area (TPSA) is 70.8 Å². The number of nitrogens with zero attached hydrogens (tertiary/aromatic N) is 3. The molecule has 0 saturated heterocycles. The predicted octanol–water partition coefficient (Wildman–Crippen LogP) is 2.97. The lowest BCUT2D eigenvalue weighted by molar-refractivity contribution is 0.176. The van der Waals surface area contributed by atoms with Crippen LogP contribution < -0.4 is 5.73 Å². The Morgan fingerprint density at radius 1 is 1.35 bits per heavy atom. The second-order valence-electron chi connectivity index (χ2n) is 5.75. The van der Waals surface area contributed by atoms with E-state index in [-0.39, 0.29) is 6.04 Å². The Labute approximate surface area is 138 Å². The molecule has 0 aliphatic carbocycles. The number of nitrogens with two attached hydrogens (primary N) is 1. The van der Waals surface area contributed by atoms with Crippen LogP contribution in [0.3, 0.4) is 0 Å². The van der Waals surface area contributed by atoms with Crippen molar-refractivity contribution in [1.82, 2.24) is 19.9 Å². The lowest BCUT2D eigenvalue weighted by atomic mass is 10.1. The number of imidazole rings is 1. The molecule has 0 amide bonds. The van der Waals surface area contributed by atoms with Crippen LogP contribution >= 0.6 is 0 Å². The third kappa shape index (κ3) is 5.01. The number of aromatic amines is 1. The van der Waals surface area contributed by atoms with Gasteiger partial charge >= 0.3 is 0 Å². The zero-order valence-corrected chi connectivity index (χ0v) is 13.9. The summed E-state index contributed by atoms with van der Waals surface area (Å²) in [6.07, 6.45) is 10.4. The van der Waals surface area contributed by atoms with Gasteiger partial charge in [-0.25, -0.2) is 4.98 Å². The SMILES string of the molecule is C=CCC(c1ncc[nH]1)N(CCCCN)Cc1ncccc1C. The van der Waals surface area contributed by atoms with Gasteiger partial charge in [0.2, 0.25) is 0 Å². The van der Waals surface area contributed by atoms with Gasteiger partial charge in [-0.1, -0.05) is 12.1 Å². The Morgan fingerprint density at radius 3 is 2.87 bits per heavy atom. The molecule has 0 aliphatic heterocycles.